The molecule has 2 aromatic heterocycles. The largest absolute Gasteiger partial charge is 0.408 e. The lowest BCUT2D eigenvalue weighted by molar-refractivity contribution is 0.480. The van der Waals surface area contributed by atoms with Gasteiger partial charge in [0.15, 0.2) is 0 Å². The van der Waals surface area contributed by atoms with Gasteiger partial charge in [-0.25, -0.2) is 4.98 Å². The molecule has 0 aliphatic rings. The van der Waals surface area contributed by atoms with Crippen molar-refractivity contribution in [2.75, 3.05) is 5.32 Å². The van der Waals surface area contributed by atoms with Gasteiger partial charge in [-0.15, -0.1) is 16.4 Å². The Bertz CT molecular complexity index is 409. The molecule has 2 heterocycles. The second kappa shape index (κ2) is 4.39. The smallest absolute Gasteiger partial charge is 0.315 e. The van der Waals surface area contributed by atoms with Crippen LogP contribution >= 0.6 is 11.3 Å². The van der Waals surface area contributed by atoms with E-state index in [-0.39, 0.29) is 5.92 Å². The highest BCUT2D eigenvalue weighted by molar-refractivity contribution is 7.07. The molecule has 0 spiro atoms. The predicted molar refractivity (Wildman–Crippen MR) is 57.8 cm³/mol. The van der Waals surface area contributed by atoms with E-state index in [4.69, 9.17) is 4.42 Å². The number of nitrogens with zero attached hydrogens (tertiary/aromatic N) is 3. The minimum absolute atomic E-state index is 0.257. The second-order valence-electron chi connectivity index (χ2n) is 3.43. The SMILES string of the molecule is CC(C)c1nnc(NCc2cscn2)o1. The van der Waals surface area contributed by atoms with Crippen molar-refractivity contribution in [3.63, 3.8) is 0 Å². The van der Waals surface area contributed by atoms with Crippen molar-refractivity contribution in [1.29, 1.82) is 0 Å². The van der Waals surface area contributed by atoms with Gasteiger partial charge in [0.05, 0.1) is 17.7 Å². The fraction of sp³-hybridized carbons (Fsp3) is 0.444. The van der Waals surface area contributed by atoms with Gasteiger partial charge in [0.2, 0.25) is 5.89 Å². The van der Waals surface area contributed by atoms with Crippen molar-refractivity contribution in [2.24, 2.45) is 0 Å². The molecule has 2 rings (SSSR count). The van der Waals surface area contributed by atoms with Crippen LogP contribution in [0.15, 0.2) is 15.3 Å². The Kier molecular flexibility index (Phi) is 2.96. The summed E-state index contributed by atoms with van der Waals surface area (Å²) in [6.07, 6.45) is 0. The van der Waals surface area contributed by atoms with Gasteiger partial charge in [-0.3, -0.25) is 0 Å². The molecule has 2 aromatic rings. The molecule has 0 amide bonds. The van der Waals surface area contributed by atoms with Crippen LogP contribution in [-0.2, 0) is 6.54 Å². The molecule has 0 unspecified atom stereocenters. The Labute approximate surface area is 91.6 Å². The van der Waals surface area contributed by atoms with E-state index in [1.807, 2.05) is 19.2 Å². The number of hydrogen-bond acceptors (Lipinski definition) is 6. The van der Waals surface area contributed by atoms with Crippen LogP contribution in [0.4, 0.5) is 6.01 Å². The number of anilines is 1. The molecule has 5 nitrogen and oxygen atoms in total. The molecule has 0 aliphatic heterocycles. The summed E-state index contributed by atoms with van der Waals surface area (Å²) >= 11 is 1.57. The van der Waals surface area contributed by atoms with Gasteiger partial charge in [0, 0.05) is 11.3 Å². The van der Waals surface area contributed by atoms with Crippen LogP contribution in [0.3, 0.4) is 0 Å². The van der Waals surface area contributed by atoms with Crippen molar-refractivity contribution < 1.29 is 4.42 Å². The molecular formula is C9H12N4OS. The Balaban J connectivity index is 1.94. The van der Waals surface area contributed by atoms with Crippen molar-refractivity contribution in [3.05, 3.63) is 22.5 Å². The van der Waals surface area contributed by atoms with Crippen LogP contribution in [0.5, 0.6) is 0 Å². The monoisotopic (exact) mass is 224 g/mol. The minimum atomic E-state index is 0.257. The van der Waals surface area contributed by atoms with Crippen LogP contribution in [0.2, 0.25) is 0 Å². The Morgan fingerprint density at radius 3 is 2.93 bits per heavy atom. The highest BCUT2D eigenvalue weighted by atomic mass is 32.1. The van der Waals surface area contributed by atoms with Gasteiger partial charge in [-0.1, -0.05) is 18.9 Å². The maximum Gasteiger partial charge on any atom is 0.315 e. The normalized spacial score (nSPS) is 10.9. The molecule has 1 N–H and O–H groups in total. The van der Waals surface area contributed by atoms with Crippen LogP contribution in [0.1, 0.15) is 31.4 Å². The molecule has 0 atom stereocenters. The molecule has 0 aliphatic carbocycles. The Morgan fingerprint density at radius 2 is 2.33 bits per heavy atom. The maximum absolute atomic E-state index is 5.39. The minimum Gasteiger partial charge on any atom is -0.408 e. The maximum atomic E-state index is 5.39. The van der Waals surface area contributed by atoms with Crippen molar-refractivity contribution in [2.45, 2.75) is 26.3 Å². The molecule has 0 bridgehead atoms. The summed E-state index contributed by atoms with van der Waals surface area (Å²) in [6.45, 7) is 4.64. The van der Waals surface area contributed by atoms with Gasteiger partial charge in [-0.2, -0.15) is 0 Å². The average Bonchev–Trinajstić information content (AvgIpc) is 2.86. The van der Waals surface area contributed by atoms with Gasteiger partial charge in [-0.05, 0) is 0 Å². The third kappa shape index (κ3) is 2.53. The highest BCUT2D eigenvalue weighted by Gasteiger charge is 2.08. The highest BCUT2D eigenvalue weighted by Crippen LogP contribution is 2.15. The average molecular weight is 224 g/mol. The summed E-state index contributed by atoms with van der Waals surface area (Å²) in [4.78, 5) is 4.14. The summed E-state index contributed by atoms with van der Waals surface area (Å²) in [6, 6.07) is 0.451. The van der Waals surface area contributed by atoms with Crippen LogP contribution in [-0.4, -0.2) is 15.2 Å². The first-order valence-electron chi connectivity index (χ1n) is 4.70. The first-order valence-corrected chi connectivity index (χ1v) is 5.64. The molecule has 0 saturated carbocycles. The van der Waals surface area contributed by atoms with Gasteiger partial charge >= 0.3 is 6.01 Å². The van der Waals surface area contributed by atoms with E-state index >= 15 is 0 Å². The Morgan fingerprint density at radius 1 is 1.47 bits per heavy atom. The summed E-state index contributed by atoms with van der Waals surface area (Å²) in [5, 5.41) is 12.8. The van der Waals surface area contributed by atoms with E-state index in [0.29, 0.717) is 18.5 Å². The molecule has 0 aromatic carbocycles. The van der Waals surface area contributed by atoms with Gasteiger partial charge in [0.1, 0.15) is 0 Å². The van der Waals surface area contributed by atoms with E-state index in [0.717, 1.165) is 5.69 Å². The summed E-state index contributed by atoms with van der Waals surface area (Å²) in [5.41, 5.74) is 2.77. The zero-order valence-corrected chi connectivity index (χ0v) is 9.41. The molecule has 15 heavy (non-hydrogen) atoms. The van der Waals surface area contributed by atoms with E-state index in [1.54, 1.807) is 16.8 Å². The zero-order chi connectivity index (χ0) is 10.7. The summed E-state index contributed by atoms with van der Waals surface area (Å²) in [7, 11) is 0. The van der Waals surface area contributed by atoms with Crippen molar-refractivity contribution in [3.8, 4) is 0 Å². The zero-order valence-electron chi connectivity index (χ0n) is 8.60. The van der Waals surface area contributed by atoms with Gasteiger partial charge in [0.25, 0.3) is 0 Å². The number of rotatable bonds is 4. The molecule has 80 valence electrons. The molecule has 0 saturated heterocycles. The molecule has 0 radical (unpaired) electrons. The lowest BCUT2D eigenvalue weighted by Crippen LogP contribution is -1.99. The van der Waals surface area contributed by atoms with Crippen molar-refractivity contribution in [1.82, 2.24) is 15.2 Å². The molecular weight excluding hydrogens is 212 g/mol. The third-order valence-electron chi connectivity index (χ3n) is 1.84. The number of thiazole rings is 1. The first-order chi connectivity index (χ1) is 7.25. The lowest BCUT2D eigenvalue weighted by atomic mass is 10.2. The molecule has 0 fully saturated rings. The van der Waals surface area contributed by atoms with E-state index < -0.39 is 0 Å². The summed E-state index contributed by atoms with van der Waals surface area (Å²) in [5.74, 6) is 0.906. The lowest BCUT2D eigenvalue weighted by Gasteiger charge is -1.97. The van der Waals surface area contributed by atoms with Crippen LogP contribution in [0, 0.1) is 0 Å². The fourth-order valence-electron chi connectivity index (χ4n) is 1.03. The number of nitrogens with one attached hydrogen (secondary N) is 1. The van der Waals surface area contributed by atoms with E-state index in [9.17, 15) is 0 Å². The molecule has 6 heteroatoms. The quantitative estimate of drug-likeness (QED) is 0.863. The van der Waals surface area contributed by atoms with Gasteiger partial charge < -0.3 is 9.73 Å². The summed E-state index contributed by atoms with van der Waals surface area (Å²) < 4.78 is 5.39. The van der Waals surface area contributed by atoms with Crippen LogP contribution < -0.4 is 5.32 Å². The topological polar surface area (TPSA) is 63.8 Å². The van der Waals surface area contributed by atoms with E-state index in [2.05, 4.69) is 20.5 Å². The fourth-order valence-corrected chi connectivity index (χ4v) is 1.59. The number of hydrogen-bond donors (Lipinski definition) is 1. The second-order valence-corrected chi connectivity index (χ2v) is 4.15. The predicted octanol–water partition coefficient (Wildman–Crippen LogP) is 2.26. The Hall–Kier alpha value is -1.43. The number of aromatic nitrogens is 3. The standard InChI is InChI=1S/C9H12N4OS/c1-6(2)8-12-13-9(14-8)10-3-7-4-15-5-11-7/h4-6H,3H2,1-2H3,(H,10,13). The third-order valence-corrected chi connectivity index (χ3v) is 2.47. The van der Waals surface area contributed by atoms with E-state index in [1.165, 1.54) is 0 Å². The van der Waals surface area contributed by atoms with Crippen molar-refractivity contribution >= 4 is 17.4 Å². The first kappa shape index (κ1) is 10.1. The van der Waals surface area contributed by atoms with Crippen LogP contribution in [0.25, 0.3) is 0 Å².